The molecule has 0 bridgehead atoms. The number of hydrogen-bond acceptors (Lipinski definition) is 4. The average Bonchev–Trinajstić information content (AvgIpc) is 2.98. The van der Waals surface area contributed by atoms with E-state index in [1.807, 2.05) is 83.4 Å². The predicted molar refractivity (Wildman–Crippen MR) is 156 cm³/mol. The first-order chi connectivity index (χ1) is 19.2. The van der Waals surface area contributed by atoms with Crippen LogP contribution in [-0.4, -0.2) is 16.7 Å². The van der Waals surface area contributed by atoms with E-state index in [4.69, 9.17) is 4.74 Å². The van der Waals surface area contributed by atoms with Crippen LogP contribution in [0.2, 0.25) is 0 Å². The van der Waals surface area contributed by atoms with Gasteiger partial charge in [0.25, 0.3) is 5.91 Å². The van der Waals surface area contributed by atoms with Gasteiger partial charge in [-0.05, 0) is 58.3 Å². The van der Waals surface area contributed by atoms with Crippen molar-refractivity contribution in [3.8, 4) is 5.75 Å². The predicted octanol–water partition coefficient (Wildman–Crippen LogP) is 6.04. The summed E-state index contributed by atoms with van der Waals surface area (Å²) in [4.78, 5) is 25.8. The van der Waals surface area contributed by atoms with E-state index in [2.05, 4.69) is 34.8 Å². The summed E-state index contributed by atoms with van der Waals surface area (Å²) in [7, 11) is 0. The molecule has 0 aliphatic rings. The number of fused-ring (bicyclic) bond motifs is 3. The fourth-order valence-electron chi connectivity index (χ4n) is 4.87. The number of carbonyl (C=O) groups is 1. The van der Waals surface area contributed by atoms with Crippen LogP contribution in [-0.2, 0) is 17.9 Å². The monoisotopic (exact) mass is 511 g/mol. The number of rotatable bonds is 7. The van der Waals surface area contributed by atoms with E-state index in [1.54, 1.807) is 18.3 Å². The van der Waals surface area contributed by atoms with Gasteiger partial charge >= 0.3 is 0 Å². The number of ether oxygens (including phenoxy) is 1. The molecule has 0 unspecified atom stereocenters. The van der Waals surface area contributed by atoms with Gasteiger partial charge in [-0.2, -0.15) is 5.10 Å². The Balaban J connectivity index is 1.15. The number of nitrogens with one attached hydrogen (secondary N) is 1. The third-order valence-corrected chi connectivity index (χ3v) is 6.72. The number of pyridine rings is 1. The van der Waals surface area contributed by atoms with Gasteiger partial charge in [0, 0.05) is 10.8 Å². The van der Waals surface area contributed by atoms with Gasteiger partial charge in [-0.15, -0.1) is 0 Å². The van der Waals surface area contributed by atoms with Crippen LogP contribution in [0.4, 0.5) is 0 Å². The van der Waals surface area contributed by atoms with E-state index in [-0.39, 0.29) is 17.9 Å². The van der Waals surface area contributed by atoms with Crippen molar-refractivity contribution >= 4 is 44.7 Å². The minimum Gasteiger partial charge on any atom is -0.489 e. The lowest BCUT2D eigenvalue weighted by molar-refractivity contribution is -0.121. The van der Waals surface area contributed by atoms with Crippen molar-refractivity contribution in [2.75, 3.05) is 0 Å². The van der Waals surface area contributed by atoms with Crippen LogP contribution in [0, 0.1) is 0 Å². The topological polar surface area (TPSA) is 72.7 Å². The number of carbonyl (C=O) groups excluding carboxylic acids is 1. The largest absolute Gasteiger partial charge is 0.489 e. The number of para-hydroxylation sites is 2. The van der Waals surface area contributed by atoms with E-state index < -0.39 is 0 Å². The van der Waals surface area contributed by atoms with Gasteiger partial charge < -0.3 is 9.30 Å². The highest BCUT2D eigenvalue weighted by Gasteiger charge is 2.12. The fraction of sp³-hybridized carbons (Fsp3) is 0.0606. The molecule has 0 aliphatic carbocycles. The van der Waals surface area contributed by atoms with Crippen molar-refractivity contribution in [1.82, 2.24) is 9.99 Å². The van der Waals surface area contributed by atoms with Crippen LogP contribution in [0.3, 0.4) is 0 Å². The van der Waals surface area contributed by atoms with E-state index in [0.29, 0.717) is 34.2 Å². The molecule has 0 saturated heterocycles. The number of hydrazone groups is 1. The second-order valence-electron chi connectivity index (χ2n) is 9.24. The summed E-state index contributed by atoms with van der Waals surface area (Å²) in [5.74, 6) is 0.415. The second-order valence-corrected chi connectivity index (χ2v) is 9.24. The molecule has 0 spiro atoms. The van der Waals surface area contributed by atoms with Crippen LogP contribution >= 0.6 is 0 Å². The van der Waals surface area contributed by atoms with Crippen molar-refractivity contribution in [2.24, 2.45) is 5.10 Å². The molecule has 6 nitrogen and oxygen atoms in total. The van der Waals surface area contributed by atoms with E-state index in [9.17, 15) is 9.59 Å². The van der Waals surface area contributed by atoms with Gasteiger partial charge in [0.1, 0.15) is 18.9 Å². The lowest BCUT2D eigenvalue weighted by Gasteiger charge is -2.14. The highest BCUT2D eigenvalue weighted by molar-refractivity contribution is 5.95. The van der Waals surface area contributed by atoms with Gasteiger partial charge in [0.15, 0.2) is 5.43 Å². The maximum absolute atomic E-state index is 12.9. The summed E-state index contributed by atoms with van der Waals surface area (Å²) in [6.45, 7) is 0.465. The molecule has 0 saturated carbocycles. The third kappa shape index (κ3) is 5.00. The van der Waals surface area contributed by atoms with Crippen molar-refractivity contribution in [2.45, 2.75) is 13.2 Å². The molecule has 6 heteroatoms. The minimum atomic E-state index is -0.298. The Kier molecular flexibility index (Phi) is 6.58. The van der Waals surface area contributed by atoms with E-state index in [1.165, 1.54) is 10.8 Å². The number of nitrogens with zero attached hydrogens (tertiary/aromatic N) is 2. The molecule has 1 heterocycles. The van der Waals surface area contributed by atoms with Gasteiger partial charge in [-0.25, -0.2) is 5.43 Å². The Morgan fingerprint density at radius 2 is 1.41 bits per heavy atom. The SMILES string of the molecule is O=C(Cn1c2ccccc2c(=O)c2ccccc21)N/N=C\c1cccc(OCc2cccc3ccccc23)c1. The highest BCUT2D eigenvalue weighted by Crippen LogP contribution is 2.22. The lowest BCUT2D eigenvalue weighted by atomic mass is 10.1. The molecule has 0 atom stereocenters. The Morgan fingerprint density at radius 3 is 2.18 bits per heavy atom. The van der Waals surface area contributed by atoms with E-state index >= 15 is 0 Å². The summed E-state index contributed by atoms with van der Waals surface area (Å²) in [5.41, 5.74) is 5.89. The number of aromatic nitrogens is 1. The van der Waals surface area contributed by atoms with Crippen LogP contribution in [0.5, 0.6) is 5.75 Å². The molecule has 0 aliphatic heterocycles. The van der Waals surface area contributed by atoms with Crippen molar-refractivity contribution in [1.29, 1.82) is 0 Å². The smallest absolute Gasteiger partial charge is 0.260 e. The van der Waals surface area contributed by atoms with Gasteiger partial charge in [0.05, 0.1) is 17.2 Å². The first-order valence-electron chi connectivity index (χ1n) is 12.7. The molecule has 1 aromatic heterocycles. The molecule has 1 N–H and O–H groups in total. The summed E-state index contributed by atoms with van der Waals surface area (Å²) in [6.07, 6.45) is 1.59. The average molecular weight is 512 g/mol. The summed E-state index contributed by atoms with van der Waals surface area (Å²) in [6, 6.07) is 36.6. The Bertz CT molecular complexity index is 1860. The zero-order chi connectivity index (χ0) is 26.6. The second kappa shape index (κ2) is 10.6. The van der Waals surface area contributed by atoms with Crippen LogP contribution in [0.15, 0.2) is 125 Å². The first-order valence-corrected chi connectivity index (χ1v) is 12.7. The zero-order valence-electron chi connectivity index (χ0n) is 21.1. The number of amides is 1. The molecule has 39 heavy (non-hydrogen) atoms. The molecule has 5 aromatic carbocycles. The van der Waals surface area contributed by atoms with Gasteiger partial charge in [-0.1, -0.05) is 78.9 Å². The quantitative estimate of drug-likeness (QED) is 0.161. The van der Waals surface area contributed by atoms with Crippen LogP contribution in [0.25, 0.3) is 32.6 Å². The van der Waals surface area contributed by atoms with Gasteiger partial charge in [0.2, 0.25) is 0 Å². The molecule has 6 aromatic rings. The van der Waals surface area contributed by atoms with Crippen molar-refractivity contribution in [3.05, 3.63) is 137 Å². The third-order valence-electron chi connectivity index (χ3n) is 6.72. The van der Waals surface area contributed by atoms with Crippen molar-refractivity contribution in [3.63, 3.8) is 0 Å². The van der Waals surface area contributed by atoms with Crippen LogP contribution in [0.1, 0.15) is 11.1 Å². The summed E-state index contributed by atoms with van der Waals surface area (Å²) in [5, 5.41) is 7.66. The maximum Gasteiger partial charge on any atom is 0.260 e. The molecule has 1 amide bonds. The Hall–Kier alpha value is -5.23. The minimum absolute atomic E-state index is 0.0207. The molecule has 190 valence electrons. The summed E-state index contributed by atoms with van der Waals surface area (Å²) >= 11 is 0. The standard InChI is InChI=1S/C33H25N3O3/c37-32(21-36-30-17-5-3-15-28(30)33(38)29-16-4-6-18-31(29)36)35-34-20-23-9-7-13-26(19-23)39-22-25-12-8-11-24-10-1-2-14-27(24)25/h1-20H,21-22H2,(H,35,37)/b34-20-. The maximum atomic E-state index is 12.9. The van der Waals surface area contributed by atoms with Crippen molar-refractivity contribution < 1.29 is 9.53 Å². The summed E-state index contributed by atoms with van der Waals surface area (Å²) < 4.78 is 7.91. The Labute approximate surface area is 224 Å². The highest BCUT2D eigenvalue weighted by atomic mass is 16.5. The normalized spacial score (nSPS) is 11.4. The number of hydrogen-bond donors (Lipinski definition) is 1. The van der Waals surface area contributed by atoms with E-state index in [0.717, 1.165) is 11.1 Å². The fourth-order valence-corrected chi connectivity index (χ4v) is 4.87. The zero-order valence-corrected chi connectivity index (χ0v) is 21.1. The molecule has 0 fully saturated rings. The number of benzene rings is 5. The first kappa shape index (κ1) is 24.1. The van der Waals surface area contributed by atoms with Crippen LogP contribution < -0.4 is 15.6 Å². The molecular weight excluding hydrogens is 486 g/mol. The Morgan fingerprint density at radius 1 is 0.769 bits per heavy atom. The molecule has 0 radical (unpaired) electrons. The van der Waals surface area contributed by atoms with Gasteiger partial charge in [-0.3, -0.25) is 9.59 Å². The lowest BCUT2D eigenvalue weighted by Crippen LogP contribution is -2.25. The molecular formula is C33H25N3O3. The molecule has 6 rings (SSSR count).